The Labute approximate surface area is 117 Å². The van der Waals surface area contributed by atoms with E-state index in [0.29, 0.717) is 6.42 Å². The second-order valence-electron chi connectivity index (χ2n) is 5.48. The van der Waals surface area contributed by atoms with Gasteiger partial charge < -0.3 is 5.32 Å². The van der Waals surface area contributed by atoms with Gasteiger partial charge in [-0.05, 0) is 37.3 Å². The number of halogens is 2. The van der Waals surface area contributed by atoms with Gasteiger partial charge in [-0.15, -0.1) is 23.2 Å². The van der Waals surface area contributed by atoms with Crippen LogP contribution in [0, 0.1) is 5.41 Å². The van der Waals surface area contributed by atoms with Crippen LogP contribution in [0.5, 0.6) is 0 Å². The number of rotatable bonds is 2. The summed E-state index contributed by atoms with van der Waals surface area (Å²) in [5, 5.41) is 3.09. The Kier molecular flexibility index (Phi) is 2.65. The van der Waals surface area contributed by atoms with Crippen molar-refractivity contribution in [1.29, 1.82) is 0 Å². The predicted octanol–water partition coefficient (Wildman–Crippen LogP) is 3.37. The van der Waals surface area contributed by atoms with Crippen LogP contribution >= 0.6 is 23.2 Å². The summed E-state index contributed by atoms with van der Waals surface area (Å²) in [6.45, 7) is 1.82. The lowest BCUT2D eigenvalue weighted by atomic mass is 10.1. The van der Waals surface area contributed by atoms with Gasteiger partial charge in [0.2, 0.25) is 5.91 Å². The average Bonchev–Trinajstić information content (AvgIpc) is 2.71. The Balaban J connectivity index is 1.75. The van der Waals surface area contributed by atoms with Crippen molar-refractivity contribution in [1.82, 2.24) is 5.32 Å². The summed E-state index contributed by atoms with van der Waals surface area (Å²) in [6, 6.07) is 8.35. The molecule has 0 radical (unpaired) electrons. The van der Waals surface area contributed by atoms with Crippen LogP contribution in [0.3, 0.4) is 0 Å². The van der Waals surface area contributed by atoms with Crippen molar-refractivity contribution in [3.8, 4) is 0 Å². The topological polar surface area (TPSA) is 29.1 Å². The van der Waals surface area contributed by atoms with Crippen LogP contribution in [-0.2, 0) is 11.2 Å². The van der Waals surface area contributed by atoms with E-state index in [9.17, 15) is 4.79 Å². The van der Waals surface area contributed by atoms with Gasteiger partial charge in [-0.2, -0.15) is 0 Å². The molecule has 96 valence electrons. The first-order chi connectivity index (χ1) is 8.44. The molecule has 0 saturated heterocycles. The lowest BCUT2D eigenvalue weighted by Gasteiger charge is -2.18. The van der Waals surface area contributed by atoms with E-state index in [4.69, 9.17) is 23.2 Å². The van der Waals surface area contributed by atoms with Gasteiger partial charge >= 0.3 is 0 Å². The maximum absolute atomic E-state index is 12.2. The number of nitrogens with one attached hydrogen (secondary N) is 1. The molecule has 1 aromatic rings. The van der Waals surface area contributed by atoms with Gasteiger partial charge in [0.1, 0.15) is 4.33 Å². The van der Waals surface area contributed by atoms with Crippen LogP contribution in [0.2, 0.25) is 0 Å². The van der Waals surface area contributed by atoms with Gasteiger partial charge in [0.15, 0.2) is 0 Å². The third kappa shape index (κ3) is 1.74. The zero-order valence-corrected chi connectivity index (χ0v) is 11.7. The lowest BCUT2D eigenvalue weighted by Crippen LogP contribution is -2.35. The first-order valence-corrected chi connectivity index (χ1v) is 6.96. The normalized spacial score (nSPS) is 31.8. The molecule has 0 spiro atoms. The fourth-order valence-corrected chi connectivity index (χ4v) is 3.38. The van der Waals surface area contributed by atoms with Crippen molar-refractivity contribution in [2.45, 2.75) is 36.6 Å². The van der Waals surface area contributed by atoms with E-state index in [2.05, 4.69) is 17.4 Å². The number of hydrogen-bond acceptors (Lipinski definition) is 1. The summed E-state index contributed by atoms with van der Waals surface area (Å²) in [5.41, 5.74) is 1.92. The number of fused-ring (bicyclic) bond motifs is 1. The van der Waals surface area contributed by atoms with Crippen molar-refractivity contribution >= 4 is 29.1 Å². The molecule has 0 bridgehead atoms. The molecule has 2 aliphatic carbocycles. The molecule has 0 aliphatic heterocycles. The molecule has 1 amide bonds. The number of hydrogen-bond donors (Lipinski definition) is 1. The fraction of sp³-hybridized carbons (Fsp3) is 0.500. The largest absolute Gasteiger partial charge is 0.349 e. The Bertz CT molecular complexity index is 514. The Morgan fingerprint density at radius 1 is 1.39 bits per heavy atom. The molecule has 1 saturated carbocycles. The Morgan fingerprint density at radius 3 is 2.72 bits per heavy atom. The van der Waals surface area contributed by atoms with Crippen LogP contribution in [0.15, 0.2) is 24.3 Å². The highest BCUT2D eigenvalue weighted by Crippen LogP contribution is 2.64. The third-order valence-corrected chi connectivity index (χ3v) is 5.30. The summed E-state index contributed by atoms with van der Waals surface area (Å²) in [7, 11) is 0. The zero-order valence-electron chi connectivity index (χ0n) is 10.2. The summed E-state index contributed by atoms with van der Waals surface area (Å²) in [5.74, 6) is -0.0331. The molecule has 18 heavy (non-hydrogen) atoms. The summed E-state index contributed by atoms with van der Waals surface area (Å²) >= 11 is 12.1. The molecular weight excluding hydrogens is 269 g/mol. The maximum atomic E-state index is 12.2. The number of carbonyl (C=O) groups excluding carboxylic acids is 1. The van der Waals surface area contributed by atoms with Crippen molar-refractivity contribution in [3.05, 3.63) is 35.4 Å². The van der Waals surface area contributed by atoms with Gasteiger partial charge in [0, 0.05) is 0 Å². The summed E-state index contributed by atoms with van der Waals surface area (Å²) in [4.78, 5) is 12.2. The van der Waals surface area contributed by atoms with E-state index in [1.807, 2.05) is 19.1 Å². The van der Waals surface area contributed by atoms with Crippen molar-refractivity contribution in [2.24, 2.45) is 5.41 Å². The molecule has 2 atom stereocenters. The smallest absolute Gasteiger partial charge is 0.229 e. The molecule has 1 fully saturated rings. The van der Waals surface area contributed by atoms with Gasteiger partial charge in [0.05, 0.1) is 11.5 Å². The summed E-state index contributed by atoms with van der Waals surface area (Å²) < 4.78 is -0.894. The number of aryl methyl sites for hydroxylation is 1. The van der Waals surface area contributed by atoms with Crippen molar-refractivity contribution < 1.29 is 4.79 Å². The van der Waals surface area contributed by atoms with E-state index >= 15 is 0 Å². The highest BCUT2D eigenvalue weighted by Gasteiger charge is 2.68. The van der Waals surface area contributed by atoms with E-state index in [0.717, 1.165) is 12.8 Å². The van der Waals surface area contributed by atoms with Gasteiger partial charge in [-0.3, -0.25) is 4.79 Å². The number of amides is 1. The van der Waals surface area contributed by atoms with Crippen LogP contribution in [0.1, 0.15) is 36.9 Å². The van der Waals surface area contributed by atoms with E-state index in [1.54, 1.807) is 0 Å². The predicted molar refractivity (Wildman–Crippen MR) is 72.8 cm³/mol. The zero-order chi connectivity index (χ0) is 13.0. The lowest BCUT2D eigenvalue weighted by molar-refractivity contribution is -0.126. The first-order valence-electron chi connectivity index (χ1n) is 6.21. The molecule has 1 N–H and O–H groups in total. The Hall–Kier alpha value is -0.730. The average molecular weight is 284 g/mol. The summed E-state index contributed by atoms with van der Waals surface area (Å²) in [6.07, 6.45) is 2.51. The number of carbonyl (C=O) groups is 1. The monoisotopic (exact) mass is 283 g/mol. The highest BCUT2D eigenvalue weighted by molar-refractivity contribution is 6.53. The molecular formula is C14H15Cl2NO. The maximum Gasteiger partial charge on any atom is 0.229 e. The molecule has 2 unspecified atom stereocenters. The number of benzene rings is 1. The molecule has 3 rings (SSSR count). The minimum absolute atomic E-state index is 0.0331. The molecule has 1 aromatic carbocycles. The fourth-order valence-electron chi connectivity index (χ4n) is 2.67. The standard InChI is InChI=1S/C14H15Cl2NO/c1-13(8-14(13,15)16)12(18)17-11-7-6-9-4-2-3-5-10(9)11/h2-5,11H,6-8H2,1H3,(H,17,18). The molecule has 4 heteroatoms. The van der Waals surface area contributed by atoms with E-state index < -0.39 is 9.75 Å². The molecule has 0 aromatic heterocycles. The van der Waals surface area contributed by atoms with Crippen molar-refractivity contribution in [3.63, 3.8) is 0 Å². The van der Waals surface area contributed by atoms with Crippen LogP contribution in [-0.4, -0.2) is 10.2 Å². The minimum atomic E-state index is -0.894. The second-order valence-corrected chi connectivity index (χ2v) is 6.96. The molecule has 2 nitrogen and oxygen atoms in total. The van der Waals surface area contributed by atoms with Gasteiger partial charge in [-0.25, -0.2) is 0 Å². The van der Waals surface area contributed by atoms with Gasteiger partial charge in [-0.1, -0.05) is 24.3 Å². The van der Waals surface area contributed by atoms with Crippen LogP contribution in [0.25, 0.3) is 0 Å². The second kappa shape index (κ2) is 3.88. The quantitative estimate of drug-likeness (QED) is 0.829. The van der Waals surface area contributed by atoms with Crippen molar-refractivity contribution in [2.75, 3.05) is 0 Å². The van der Waals surface area contributed by atoms with Gasteiger partial charge in [0.25, 0.3) is 0 Å². The third-order valence-electron chi connectivity index (χ3n) is 4.20. The van der Waals surface area contributed by atoms with E-state index in [-0.39, 0.29) is 11.9 Å². The van der Waals surface area contributed by atoms with Crippen LogP contribution in [0.4, 0.5) is 0 Å². The minimum Gasteiger partial charge on any atom is -0.349 e. The number of alkyl halides is 2. The Morgan fingerprint density at radius 2 is 2.06 bits per heavy atom. The first kappa shape index (κ1) is 12.3. The van der Waals surface area contributed by atoms with E-state index in [1.165, 1.54) is 11.1 Å². The molecule has 0 heterocycles. The highest BCUT2D eigenvalue weighted by atomic mass is 35.5. The van der Waals surface area contributed by atoms with Crippen LogP contribution < -0.4 is 5.32 Å². The SMILES string of the molecule is CC1(C(=O)NC2CCc3ccccc32)CC1(Cl)Cl. The molecule has 2 aliphatic rings.